The monoisotopic (exact) mass is 137 g/mol. The van der Waals surface area contributed by atoms with Gasteiger partial charge in [0.2, 0.25) is 0 Å². The summed E-state index contributed by atoms with van der Waals surface area (Å²) in [6.07, 6.45) is 4.57. The van der Waals surface area contributed by atoms with Crippen LogP contribution >= 0.6 is 0 Å². The molecule has 2 bridgehead atoms. The van der Waals surface area contributed by atoms with Crippen LogP contribution in [0.4, 0.5) is 0 Å². The second-order valence-corrected chi connectivity index (χ2v) is 4.45. The average molecular weight is 137 g/mol. The summed E-state index contributed by atoms with van der Waals surface area (Å²) >= 11 is 0. The zero-order chi connectivity index (χ0) is 6.72. The Labute approximate surface area is 62.0 Å². The van der Waals surface area contributed by atoms with Gasteiger partial charge < -0.3 is 5.73 Å². The van der Waals surface area contributed by atoms with Gasteiger partial charge >= 0.3 is 0 Å². The second kappa shape index (κ2) is 1.58. The van der Waals surface area contributed by atoms with Crippen molar-refractivity contribution in [2.45, 2.75) is 19.3 Å². The second-order valence-electron chi connectivity index (χ2n) is 4.45. The Morgan fingerprint density at radius 3 is 2.50 bits per heavy atom. The topological polar surface area (TPSA) is 26.0 Å². The lowest BCUT2D eigenvalue weighted by atomic mass is 9.89. The van der Waals surface area contributed by atoms with E-state index in [4.69, 9.17) is 5.73 Å². The summed E-state index contributed by atoms with van der Waals surface area (Å²) in [5.41, 5.74) is 5.70. The van der Waals surface area contributed by atoms with Crippen molar-refractivity contribution in [1.82, 2.24) is 0 Å². The molecule has 3 rings (SSSR count). The summed E-state index contributed by atoms with van der Waals surface area (Å²) < 4.78 is 0. The normalized spacial score (nSPS) is 62.7. The van der Waals surface area contributed by atoms with Crippen LogP contribution in [0.2, 0.25) is 0 Å². The SMILES string of the molecule is NC[C@@H]1C[C@H]2C[C@H]1[C@@H]1C[C@@H]21. The first-order valence-electron chi connectivity index (χ1n) is 4.60. The quantitative estimate of drug-likeness (QED) is 0.578. The lowest BCUT2D eigenvalue weighted by Gasteiger charge is -2.18. The van der Waals surface area contributed by atoms with E-state index in [1.54, 1.807) is 6.42 Å². The maximum absolute atomic E-state index is 5.70. The van der Waals surface area contributed by atoms with Crippen LogP contribution < -0.4 is 5.73 Å². The highest BCUT2D eigenvalue weighted by atomic mass is 14.7. The zero-order valence-electron chi connectivity index (χ0n) is 6.29. The molecule has 0 saturated heterocycles. The molecule has 0 unspecified atom stereocenters. The predicted molar refractivity (Wildman–Crippen MR) is 40.4 cm³/mol. The Morgan fingerprint density at radius 2 is 1.90 bits per heavy atom. The van der Waals surface area contributed by atoms with E-state index >= 15 is 0 Å². The van der Waals surface area contributed by atoms with Crippen LogP contribution in [-0.2, 0) is 0 Å². The summed E-state index contributed by atoms with van der Waals surface area (Å²) in [7, 11) is 0. The summed E-state index contributed by atoms with van der Waals surface area (Å²) in [6.45, 7) is 0.963. The Kier molecular flexibility index (Phi) is 0.883. The summed E-state index contributed by atoms with van der Waals surface area (Å²) in [6, 6.07) is 0. The van der Waals surface area contributed by atoms with Crippen LogP contribution in [0.15, 0.2) is 0 Å². The van der Waals surface area contributed by atoms with E-state index in [9.17, 15) is 0 Å². The molecule has 0 heterocycles. The highest BCUT2D eigenvalue weighted by Crippen LogP contribution is 2.67. The van der Waals surface area contributed by atoms with Crippen molar-refractivity contribution in [3.05, 3.63) is 0 Å². The molecule has 3 aliphatic carbocycles. The van der Waals surface area contributed by atoms with Gasteiger partial charge in [-0.05, 0) is 55.4 Å². The third-order valence-electron chi connectivity index (χ3n) is 4.14. The minimum Gasteiger partial charge on any atom is -0.330 e. The molecule has 0 aromatic carbocycles. The molecule has 0 spiro atoms. The van der Waals surface area contributed by atoms with Crippen molar-refractivity contribution in [1.29, 1.82) is 0 Å². The minimum atomic E-state index is 0.925. The third-order valence-corrected chi connectivity index (χ3v) is 4.14. The number of nitrogens with two attached hydrogens (primary N) is 1. The van der Waals surface area contributed by atoms with Crippen LogP contribution in [0.1, 0.15) is 19.3 Å². The fraction of sp³-hybridized carbons (Fsp3) is 1.00. The minimum absolute atomic E-state index is 0.925. The molecule has 3 aliphatic rings. The van der Waals surface area contributed by atoms with E-state index in [0.717, 1.165) is 30.2 Å². The van der Waals surface area contributed by atoms with Crippen molar-refractivity contribution >= 4 is 0 Å². The molecule has 5 atom stereocenters. The van der Waals surface area contributed by atoms with E-state index in [-0.39, 0.29) is 0 Å². The number of rotatable bonds is 1. The molecule has 0 radical (unpaired) electrons. The maximum atomic E-state index is 5.70. The smallest absolute Gasteiger partial charge is 0.00460 e. The number of hydrogen-bond donors (Lipinski definition) is 1. The largest absolute Gasteiger partial charge is 0.330 e. The van der Waals surface area contributed by atoms with Gasteiger partial charge in [0, 0.05) is 0 Å². The lowest BCUT2D eigenvalue weighted by molar-refractivity contribution is 0.324. The molecule has 56 valence electrons. The third kappa shape index (κ3) is 0.493. The van der Waals surface area contributed by atoms with E-state index in [0.29, 0.717) is 0 Å². The van der Waals surface area contributed by atoms with E-state index < -0.39 is 0 Å². The Bertz CT molecular complexity index is 166. The van der Waals surface area contributed by atoms with Gasteiger partial charge in [-0.2, -0.15) is 0 Å². The first kappa shape index (κ1) is 5.59. The van der Waals surface area contributed by atoms with Crippen molar-refractivity contribution in [3.63, 3.8) is 0 Å². The molecule has 2 N–H and O–H groups in total. The number of hydrogen-bond acceptors (Lipinski definition) is 1. The highest BCUT2D eigenvalue weighted by molar-refractivity contribution is 5.09. The molecule has 10 heavy (non-hydrogen) atoms. The molecule has 3 saturated carbocycles. The summed E-state index contributed by atoms with van der Waals surface area (Å²) in [5, 5.41) is 0. The van der Waals surface area contributed by atoms with Crippen molar-refractivity contribution in [2.75, 3.05) is 6.54 Å². The van der Waals surface area contributed by atoms with Gasteiger partial charge in [0.15, 0.2) is 0 Å². The Hall–Kier alpha value is -0.0400. The standard InChI is InChI=1S/C9H15N/c10-4-6-1-5-2-7(6)9-3-8(5)9/h5-9H,1-4,10H2/t5-,6-,7+,8-,9-/m0/s1. The van der Waals surface area contributed by atoms with Gasteiger partial charge in [0.1, 0.15) is 0 Å². The molecule has 0 aliphatic heterocycles. The van der Waals surface area contributed by atoms with Gasteiger partial charge in [-0.3, -0.25) is 0 Å². The zero-order valence-corrected chi connectivity index (χ0v) is 6.29. The molecule has 1 nitrogen and oxygen atoms in total. The van der Waals surface area contributed by atoms with Gasteiger partial charge in [0.05, 0.1) is 0 Å². The van der Waals surface area contributed by atoms with Crippen LogP contribution in [0, 0.1) is 29.6 Å². The van der Waals surface area contributed by atoms with Crippen molar-refractivity contribution in [2.24, 2.45) is 35.3 Å². The molecule has 0 amide bonds. The molecule has 0 aromatic rings. The van der Waals surface area contributed by atoms with E-state index in [2.05, 4.69) is 0 Å². The van der Waals surface area contributed by atoms with Gasteiger partial charge in [0.25, 0.3) is 0 Å². The summed E-state index contributed by atoms with van der Waals surface area (Å²) in [4.78, 5) is 0. The number of fused-ring (bicyclic) bond motifs is 5. The first-order chi connectivity index (χ1) is 4.90. The molecule has 0 aromatic heterocycles. The van der Waals surface area contributed by atoms with Crippen LogP contribution in [0.3, 0.4) is 0 Å². The van der Waals surface area contributed by atoms with Crippen molar-refractivity contribution < 1.29 is 0 Å². The molecular weight excluding hydrogens is 122 g/mol. The Balaban J connectivity index is 1.85. The lowest BCUT2D eigenvalue weighted by Crippen LogP contribution is -2.21. The van der Waals surface area contributed by atoms with Crippen molar-refractivity contribution in [3.8, 4) is 0 Å². The van der Waals surface area contributed by atoms with Gasteiger partial charge in [-0.15, -0.1) is 0 Å². The molecular formula is C9H15N. The fourth-order valence-electron chi connectivity index (χ4n) is 3.62. The fourth-order valence-corrected chi connectivity index (χ4v) is 3.62. The Morgan fingerprint density at radius 1 is 1.00 bits per heavy atom. The van der Waals surface area contributed by atoms with Gasteiger partial charge in [-0.1, -0.05) is 0 Å². The first-order valence-corrected chi connectivity index (χ1v) is 4.60. The van der Waals surface area contributed by atoms with Crippen LogP contribution in [-0.4, -0.2) is 6.54 Å². The maximum Gasteiger partial charge on any atom is -0.00460 e. The highest BCUT2D eigenvalue weighted by Gasteiger charge is 2.60. The van der Waals surface area contributed by atoms with Gasteiger partial charge in [-0.25, -0.2) is 0 Å². The summed E-state index contributed by atoms with van der Waals surface area (Å²) in [5.74, 6) is 5.43. The predicted octanol–water partition coefficient (Wildman–Crippen LogP) is 1.24. The van der Waals surface area contributed by atoms with Crippen LogP contribution in [0.25, 0.3) is 0 Å². The molecule has 3 fully saturated rings. The van der Waals surface area contributed by atoms with E-state index in [1.807, 2.05) is 0 Å². The van der Waals surface area contributed by atoms with E-state index in [1.165, 1.54) is 18.8 Å². The average Bonchev–Trinajstić information content (AvgIpc) is 2.58. The van der Waals surface area contributed by atoms with Crippen LogP contribution in [0.5, 0.6) is 0 Å². The molecule has 1 heteroatoms.